The summed E-state index contributed by atoms with van der Waals surface area (Å²) < 4.78 is 29.9. The van der Waals surface area contributed by atoms with Crippen LogP contribution >= 0.6 is 15.9 Å². The molecular weight excluding hydrogens is 320 g/mol. The summed E-state index contributed by atoms with van der Waals surface area (Å²) in [6.07, 6.45) is 0.536. The molecule has 0 N–H and O–H groups in total. The maximum atomic E-state index is 12.1. The lowest BCUT2D eigenvalue weighted by atomic mass is 10.4. The summed E-state index contributed by atoms with van der Waals surface area (Å²) in [5.41, 5.74) is 0. The van der Waals surface area contributed by atoms with Crippen LogP contribution in [0, 0.1) is 0 Å². The predicted molar refractivity (Wildman–Crippen MR) is 69.1 cm³/mol. The van der Waals surface area contributed by atoms with E-state index in [1.807, 2.05) is 0 Å². The van der Waals surface area contributed by atoms with Crippen molar-refractivity contribution in [2.75, 3.05) is 0 Å². The summed E-state index contributed by atoms with van der Waals surface area (Å²) in [5, 5.41) is 0. The zero-order chi connectivity index (χ0) is 13.2. The fourth-order valence-corrected chi connectivity index (χ4v) is 3.86. The Hall–Kier alpha value is -1.40. The normalized spacial score (nSPS) is 11.4. The number of carbonyl (C=O) groups excluding carboxylic acids is 1. The van der Waals surface area contributed by atoms with Gasteiger partial charge in [0.25, 0.3) is 0 Å². The topological polar surface area (TPSA) is 64.3 Å². The predicted octanol–water partition coefficient (Wildman–Crippen LogP) is 2.83. The van der Waals surface area contributed by atoms with Crippen LogP contribution in [0.3, 0.4) is 0 Å². The van der Waals surface area contributed by atoms with Crippen LogP contribution in [0.5, 0.6) is 0 Å². The van der Waals surface area contributed by atoms with E-state index in [1.165, 1.54) is 18.2 Å². The summed E-state index contributed by atoms with van der Waals surface area (Å²) in [7, 11) is -3.50. The van der Waals surface area contributed by atoms with E-state index in [4.69, 9.17) is 4.42 Å². The number of halogens is 1. The Labute approximate surface area is 113 Å². The van der Waals surface area contributed by atoms with Gasteiger partial charge in [-0.2, -0.15) is 0 Å². The molecule has 0 aliphatic heterocycles. The fourth-order valence-electron chi connectivity index (χ4n) is 1.50. The molecule has 1 aromatic heterocycles. The van der Waals surface area contributed by atoms with Gasteiger partial charge < -0.3 is 4.42 Å². The van der Waals surface area contributed by atoms with E-state index in [2.05, 4.69) is 15.9 Å². The molecule has 94 valence electrons. The monoisotopic (exact) mass is 328 g/mol. The van der Waals surface area contributed by atoms with E-state index in [0.29, 0.717) is 10.8 Å². The third kappa shape index (κ3) is 2.70. The molecule has 0 unspecified atom stereocenters. The molecule has 18 heavy (non-hydrogen) atoms. The van der Waals surface area contributed by atoms with Crippen LogP contribution in [0.4, 0.5) is 0 Å². The highest BCUT2D eigenvalue weighted by Crippen LogP contribution is 2.25. The Bertz CT molecular complexity index is 673. The minimum absolute atomic E-state index is 0.118. The molecule has 0 bridgehead atoms. The molecule has 0 saturated carbocycles. The van der Waals surface area contributed by atoms with Gasteiger partial charge in [0.2, 0.25) is 0 Å². The van der Waals surface area contributed by atoms with E-state index in [-0.39, 0.29) is 22.2 Å². The highest BCUT2D eigenvalue weighted by atomic mass is 79.9. The van der Waals surface area contributed by atoms with Crippen LogP contribution in [0.1, 0.15) is 16.3 Å². The molecule has 2 aromatic rings. The standard InChI is InChI=1S/C12H9BrO4S/c13-11-3-1-2-4-12(11)18(15,16)8-10-6-5-9(7-14)17-10/h1-7H,8H2. The Kier molecular flexibility index (Phi) is 3.68. The molecule has 2 rings (SSSR count). The number of aldehydes is 1. The van der Waals surface area contributed by atoms with Crippen molar-refractivity contribution in [1.29, 1.82) is 0 Å². The first-order valence-corrected chi connectivity index (χ1v) is 7.48. The van der Waals surface area contributed by atoms with Gasteiger partial charge in [0.05, 0.1) is 4.90 Å². The van der Waals surface area contributed by atoms with Crippen LogP contribution in [0.25, 0.3) is 0 Å². The largest absolute Gasteiger partial charge is 0.457 e. The maximum Gasteiger partial charge on any atom is 0.186 e. The van der Waals surface area contributed by atoms with Gasteiger partial charge in [0, 0.05) is 4.47 Å². The molecule has 0 atom stereocenters. The van der Waals surface area contributed by atoms with Gasteiger partial charge in [0.15, 0.2) is 21.9 Å². The summed E-state index contributed by atoms with van der Waals surface area (Å²) in [6, 6.07) is 9.49. The Morgan fingerprint density at radius 1 is 1.17 bits per heavy atom. The van der Waals surface area contributed by atoms with Gasteiger partial charge in [0.1, 0.15) is 11.5 Å². The first kappa shape index (κ1) is 13.0. The molecule has 1 heterocycles. The van der Waals surface area contributed by atoms with Gasteiger partial charge in [-0.1, -0.05) is 12.1 Å². The first-order valence-electron chi connectivity index (χ1n) is 5.04. The third-order valence-electron chi connectivity index (χ3n) is 2.30. The van der Waals surface area contributed by atoms with Gasteiger partial charge in [-0.15, -0.1) is 0 Å². The average Bonchev–Trinajstić information content (AvgIpc) is 2.76. The van der Waals surface area contributed by atoms with Crippen LogP contribution in [-0.4, -0.2) is 14.7 Å². The maximum absolute atomic E-state index is 12.1. The van der Waals surface area contributed by atoms with Crippen molar-refractivity contribution in [2.24, 2.45) is 0 Å². The number of hydrogen-bond donors (Lipinski definition) is 0. The zero-order valence-corrected chi connectivity index (χ0v) is 11.6. The Morgan fingerprint density at radius 2 is 1.89 bits per heavy atom. The number of benzene rings is 1. The minimum atomic E-state index is -3.50. The second-order valence-electron chi connectivity index (χ2n) is 3.61. The van der Waals surface area contributed by atoms with Crippen molar-refractivity contribution >= 4 is 32.1 Å². The van der Waals surface area contributed by atoms with Crippen molar-refractivity contribution < 1.29 is 17.6 Å². The van der Waals surface area contributed by atoms with Crippen molar-refractivity contribution in [3.05, 3.63) is 52.4 Å². The van der Waals surface area contributed by atoms with Gasteiger partial charge in [-0.3, -0.25) is 4.79 Å². The Morgan fingerprint density at radius 3 is 2.50 bits per heavy atom. The third-order valence-corrected chi connectivity index (χ3v) is 4.95. The highest BCUT2D eigenvalue weighted by Gasteiger charge is 2.19. The molecule has 6 heteroatoms. The van der Waals surface area contributed by atoms with Crippen LogP contribution in [-0.2, 0) is 15.6 Å². The number of carbonyl (C=O) groups is 1. The molecule has 0 fully saturated rings. The lowest BCUT2D eigenvalue weighted by molar-refractivity contribution is 0.109. The highest BCUT2D eigenvalue weighted by molar-refractivity contribution is 9.10. The lowest BCUT2D eigenvalue weighted by Gasteiger charge is -2.04. The van der Waals surface area contributed by atoms with E-state index >= 15 is 0 Å². The minimum Gasteiger partial charge on any atom is -0.457 e. The summed E-state index contributed by atoms with van der Waals surface area (Å²) in [4.78, 5) is 10.7. The van der Waals surface area contributed by atoms with Crippen LogP contribution in [0.2, 0.25) is 0 Å². The average molecular weight is 329 g/mol. The summed E-state index contributed by atoms with van der Waals surface area (Å²) in [5.74, 6) is 0.0869. The molecule has 4 nitrogen and oxygen atoms in total. The van der Waals surface area contributed by atoms with Crippen molar-refractivity contribution in [3.63, 3.8) is 0 Å². The number of rotatable bonds is 4. The van der Waals surface area contributed by atoms with E-state index in [9.17, 15) is 13.2 Å². The van der Waals surface area contributed by atoms with Gasteiger partial charge in [-0.05, 0) is 40.2 Å². The molecule has 0 aliphatic carbocycles. The second-order valence-corrected chi connectivity index (χ2v) is 6.42. The van der Waals surface area contributed by atoms with Crippen LogP contribution in [0.15, 0.2) is 50.2 Å². The van der Waals surface area contributed by atoms with E-state index in [0.717, 1.165) is 0 Å². The summed E-state index contributed by atoms with van der Waals surface area (Å²) in [6.45, 7) is 0. The quantitative estimate of drug-likeness (QED) is 0.809. The van der Waals surface area contributed by atoms with Crippen LogP contribution < -0.4 is 0 Å². The fraction of sp³-hybridized carbons (Fsp3) is 0.0833. The second kappa shape index (κ2) is 5.07. The SMILES string of the molecule is O=Cc1ccc(CS(=O)(=O)c2ccccc2Br)o1. The molecule has 0 amide bonds. The number of furan rings is 1. The van der Waals surface area contributed by atoms with Crippen molar-refractivity contribution in [3.8, 4) is 0 Å². The molecule has 0 spiro atoms. The molecule has 0 aliphatic rings. The number of sulfone groups is 1. The summed E-state index contributed by atoms with van der Waals surface area (Å²) >= 11 is 3.20. The molecule has 0 radical (unpaired) electrons. The van der Waals surface area contributed by atoms with Gasteiger partial charge >= 0.3 is 0 Å². The lowest BCUT2D eigenvalue weighted by Crippen LogP contribution is -2.05. The first-order chi connectivity index (χ1) is 8.53. The van der Waals surface area contributed by atoms with Crippen molar-refractivity contribution in [1.82, 2.24) is 0 Å². The smallest absolute Gasteiger partial charge is 0.186 e. The molecule has 0 saturated heterocycles. The van der Waals surface area contributed by atoms with E-state index < -0.39 is 9.84 Å². The molecular formula is C12H9BrO4S. The Balaban J connectivity index is 2.33. The van der Waals surface area contributed by atoms with E-state index in [1.54, 1.807) is 18.2 Å². The van der Waals surface area contributed by atoms with Gasteiger partial charge in [-0.25, -0.2) is 8.42 Å². The molecule has 1 aromatic carbocycles. The number of hydrogen-bond acceptors (Lipinski definition) is 4. The van der Waals surface area contributed by atoms with Crippen molar-refractivity contribution in [2.45, 2.75) is 10.6 Å². The zero-order valence-electron chi connectivity index (χ0n) is 9.17.